The monoisotopic (exact) mass is 362 g/mol. The van der Waals surface area contributed by atoms with E-state index in [1.165, 1.54) is 17.0 Å². The number of aryl methyl sites for hydroxylation is 1. The Morgan fingerprint density at radius 3 is 2.42 bits per heavy atom. The second-order valence-electron chi connectivity index (χ2n) is 6.86. The van der Waals surface area contributed by atoms with Gasteiger partial charge in [0.15, 0.2) is 0 Å². The molecule has 1 aromatic rings. The molecule has 2 fully saturated rings. The Labute approximate surface area is 151 Å². The smallest absolute Gasteiger partial charge is 0.312 e. The Morgan fingerprint density at radius 2 is 1.85 bits per heavy atom. The van der Waals surface area contributed by atoms with E-state index in [0.29, 0.717) is 30.8 Å². The van der Waals surface area contributed by atoms with E-state index >= 15 is 0 Å². The summed E-state index contributed by atoms with van der Waals surface area (Å²) < 4.78 is 13.6. The number of rotatable bonds is 2. The van der Waals surface area contributed by atoms with Gasteiger partial charge in [0.1, 0.15) is 5.82 Å². The fourth-order valence-corrected chi connectivity index (χ4v) is 3.84. The standard InChI is InChI=1S/C18H23FN4O3/c1-3-21-16(24)18(26)22-8-11-4-5-12(9-22)23(11)17(25)13-7-15(20)14(19)6-10(13)2/h6-7,11-12H,3-5,8-9,20H2,1-2H3,(H,21,24). The number of likely N-dealkylation sites (N-methyl/N-ethyl adjacent to an activating group) is 1. The number of hydrogen-bond donors (Lipinski definition) is 2. The van der Waals surface area contributed by atoms with E-state index in [0.717, 1.165) is 12.8 Å². The van der Waals surface area contributed by atoms with Crippen LogP contribution in [0.2, 0.25) is 0 Å². The van der Waals surface area contributed by atoms with Gasteiger partial charge in [-0.15, -0.1) is 0 Å². The first kappa shape index (κ1) is 18.2. The molecule has 26 heavy (non-hydrogen) atoms. The number of carbonyl (C=O) groups is 3. The van der Waals surface area contributed by atoms with Crippen LogP contribution >= 0.6 is 0 Å². The summed E-state index contributed by atoms with van der Waals surface area (Å²) in [7, 11) is 0. The lowest BCUT2D eigenvalue weighted by Gasteiger charge is -2.41. The van der Waals surface area contributed by atoms with Crippen LogP contribution in [0.15, 0.2) is 12.1 Å². The van der Waals surface area contributed by atoms with Crippen LogP contribution in [0.5, 0.6) is 0 Å². The third-order valence-electron chi connectivity index (χ3n) is 5.11. The molecule has 0 aliphatic carbocycles. The average molecular weight is 362 g/mol. The molecule has 7 nitrogen and oxygen atoms in total. The highest BCUT2D eigenvalue weighted by molar-refractivity contribution is 6.35. The summed E-state index contributed by atoms with van der Waals surface area (Å²) in [5.41, 5.74) is 6.47. The Bertz CT molecular complexity index is 753. The zero-order valence-electron chi connectivity index (χ0n) is 14.9. The van der Waals surface area contributed by atoms with Gasteiger partial charge in [-0.2, -0.15) is 0 Å². The van der Waals surface area contributed by atoms with Crippen molar-refractivity contribution in [3.8, 4) is 0 Å². The summed E-state index contributed by atoms with van der Waals surface area (Å²) in [6, 6.07) is 2.34. The van der Waals surface area contributed by atoms with Crippen molar-refractivity contribution >= 4 is 23.4 Å². The molecule has 0 radical (unpaired) electrons. The lowest BCUT2D eigenvalue weighted by molar-refractivity contribution is -0.147. The van der Waals surface area contributed by atoms with E-state index < -0.39 is 17.6 Å². The topological polar surface area (TPSA) is 95.7 Å². The quantitative estimate of drug-likeness (QED) is 0.597. The normalized spacial score (nSPS) is 21.7. The van der Waals surface area contributed by atoms with Crippen molar-refractivity contribution in [1.29, 1.82) is 0 Å². The van der Waals surface area contributed by atoms with Gasteiger partial charge in [-0.3, -0.25) is 14.4 Å². The zero-order chi connectivity index (χ0) is 19.0. The van der Waals surface area contributed by atoms with E-state index in [9.17, 15) is 18.8 Å². The number of amides is 3. The first-order valence-corrected chi connectivity index (χ1v) is 8.78. The van der Waals surface area contributed by atoms with Gasteiger partial charge in [-0.05, 0) is 44.4 Å². The third-order valence-corrected chi connectivity index (χ3v) is 5.11. The highest BCUT2D eigenvalue weighted by atomic mass is 19.1. The van der Waals surface area contributed by atoms with Gasteiger partial charge >= 0.3 is 11.8 Å². The molecule has 0 saturated carbocycles. The van der Waals surface area contributed by atoms with Crippen LogP contribution in [-0.2, 0) is 9.59 Å². The van der Waals surface area contributed by atoms with Gasteiger partial charge in [-0.25, -0.2) is 4.39 Å². The lowest BCUT2D eigenvalue weighted by atomic mass is 10.0. The second kappa shape index (κ2) is 6.93. The van der Waals surface area contributed by atoms with Gasteiger partial charge < -0.3 is 20.9 Å². The molecule has 3 amide bonds. The Morgan fingerprint density at radius 1 is 1.23 bits per heavy atom. The summed E-state index contributed by atoms with van der Waals surface area (Å²) in [5, 5.41) is 2.51. The van der Waals surface area contributed by atoms with Crippen LogP contribution in [0.1, 0.15) is 35.7 Å². The molecule has 2 bridgehead atoms. The molecular weight excluding hydrogens is 339 g/mol. The van der Waals surface area contributed by atoms with Gasteiger partial charge in [0.2, 0.25) is 0 Å². The largest absolute Gasteiger partial charge is 0.396 e. The van der Waals surface area contributed by atoms with Crippen molar-refractivity contribution in [2.24, 2.45) is 0 Å². The van der Waals surface area contributed by atoms with E-state index in [1.54, 1.807) is 18.7 Å². The molecule has 1 aromatic carbocycles. The molecule has 2 unspecified atom stereocenters. The van der Waals surface area contributed by atoms with Crippen LogP contribution in [0, 0.1) is 12.7 Å². The van der Waals surface area contributed by atoms with Crippen molar-refractivity contribution in [2.75, 3.05) is 25.4 Å². The minimum atomic E-state index is -0.617. The second-order valence-corrected chi connectivity index (χ2v) is 6.86. The fraction of sp³-hybridized carbons (Fsp3) is 0.500. The predicted octanol–water partition coefficient (Wildman–Crippen LogP) is 0.668. The molecule has 2 heterocycles. The number of likely N-dealkylation sites (tertiary alicyclic amines) is 1. The summed E-state index contributed by atoms with van der Waals surface area (Å²) in [6.07, 6.45) is 1.54. The van der Waals surface area contributed by atoms with Gasteiger partial charge in [0.05, 0.1) is 17.8 Å². The molecular formula is C18H23FN4O3. The van der Waals surface area contributed by atoms with Crippen LogP contribution in [0.4, 0.5) is 10.1 Å². The first-order chi connectivity index (χ1) is 12.3. The van der Waals surface area contributed by atoms with Gasteiger partial charge in [0, 0.05) is 25.2 Å². The molecule has 140 valence electrons. The minimum Gasteiger partial charge on any atom is -0.396 e. The van der Waals surface area contributed by atoms with Crippen molar-refractivity contribution in [1.82, 2.24) is 15.1 Å². The molecule has 3 N–H and O–H groups in total. The number of fused-ring (bicyclic) bond motifs is 2. The summed E-state index contributed by atoms with van der Waals surface area (Å²) >= 11 is 0. The number of hydrogen-bond acceptors (Lipinski definition) is 4. The van der Waals surface area contributed by atoms with Crippen molar-refractivity contribution in [2.45, 2.75) is 38.8 Å². The number of anilines is 1. The highest BCUT2D eigenvalue weighted by Gasteiger charge is 2.45. The van der Waals surface area contributed by atoms with Crippen molar-refractivity contribution in [3.63, 3.8) is 0 Å². The maximum Gasteiger partial charge on any atom is 0.312 e. The molecule has 2 aliphatic heterocycles. The Balaban J connectivity index is 1.78. The van der Waals surface area contributed by atoms with Gasteiger partial charge in [0.25, 0.3) is 5.91 Å². The lowest BCUT2D eigenvalue weighted by Crippen LogP contribution is -2.59. The number of nitrogen functional groups attached to an aromatic ring is 1. The molecule has 2 atom stereocenters. The highest BCUT2D eigenvalue weighted by Crippen LogP contribution is 2.32. The number of carbonyl (C=O) groups excluding carboxylic acids is 3. The number of nitrogens with one attached hydrogen (secondary N) is 1. The zero-order valence-corrected chi connectivity index (χ0v) is 14.9. The summed E-state index contributed by atoms with van der Waals surface area (Å²) in [6.45, 7) is 4.47. The summed E-state index contributed by atoms with van der Waals surface area (Å²) in [5.74, 6) is -1.92. The SMILES string of the molecule is CCNC(=O)C(=O)N1CC2CCC(C1)N2C(=O)c1cc(N)c(F)cc1C. The Kier molecular flexibility index (Phi) is 4.84. The first-order valence-electron chi connectivity index (χ1n) is 8.78. The maximum absolute atomic E-state index is 13.6. The fourth-order valence-electron chi connectivity index (χ4n) is 3.84. The number of halogens is 1. The van der Waals surface area contributed by atoms with E-state index in [2.05, 4.69) is 5.32 Å². The van der Waals surface area contributed by atoms with Crippen LogP contribution in [-0.4, -0.2) is 59.2 Å². The number of piperazine rings is 1. The number of nitrogens with two attached hydrogens (primary N) is 1. The molecule has 3 rings (SSSR count). The molecule has 2 aliphatic rings. The molecule has 2 saturated heterocycles. The van der Waals surface area contributed by atoms with Crippen molar-refractivity contribution < 1.29 is 18.8 Å². The van der Waals surface area contributed by atoms with E-state index in [1.807, 2.05) is 0 Å². The molecule has 0 aromatic heterocycles. The maximum atomic E-state index is 13.6. The number of nitrogens with zero attached hydrogens (tertiary/aromatic N) is 2. The molecule has 0 spiro atoms. The van der Waals surface area contributed by atoms with Crippen LogP contribution in [0.3, 0.4) is 0 Å². The van der Waals surface area contributed by atoms with E-state index in [4.69, 9.17) is 5.73 Å². The number of benzene rings is 1. The minimum absolute atomic E-state index is 0.0589. The average Bonchev–Trinajstić information content (AvgIpc) is 2.86. The van der Waals surface area contributed by atoms with Crippen molar-refractivity contribution in [3.05, 3.63) is 29.1 Å². The predicted molar refractivity (Wildman–Crippen MR) is 93.8 cm³/mol. The van der Waals surface area contributed by atoms with Gasteiger partial charge in [-0.1, -0.05) is 0 Å². The Hall–Kier alpha value is -2.64. The summed E-state index contributed by atoms with van der Waals surface area (Å²) in [4.78, 5) is 40.3. The van der Waals surface area contributed by atoms with Crippen LogP contribution < -0.4 is 11.1 Å². The third kappa shape index (κ3) is 3.11. The van der Waals surface area contributed by atoms with Crippen LogP contribution in [0.25, 0.3) is 0 Å². The van der Waals surface area contributed by atoms with E-state index in [-0.39, 0.29) is 23.7 Å². The molecule has 8 heteroatoms.